The van der Waals surface area contributed by atoms with Crippen LogP contribution in [-0.4, -0.2) is 32.6 Å². The van der Waals surface area contributed by atoms with Crippen molar-refractivity contribution in [3.05, 3.63) is 0 Å². The molecule has 36 heavy (non-hydrogen) atoms. The fraction of sp³-hybridized carbons (Fsp3) is 1.00. The van der Waals surface area contributed by atoms with Crippen LogP contribution >= 0.6 is 0 Å². The summed E-state index contributed by atoms with van der Waals surface area (Å²) >= 11 is 0. The first-order chi connectivity index (χ1) is 16.9. The highest BCUT2D eigenvalue weighted by Gasteiger charge is 2.62. The lowest BCUT2D eigenvalue weighted by molar-refractivity contribution is -0.204. The second-order valence-corrected chi connectivity index (χ2v) is 15.7. The summed E-state index contributed by atoms with van der Waals surface area (Å²) in [5, 5.41) is 33.0. The third-order valence-electron chi connectivity index (χ3n) is 13.7. The highest BCUT2D eigenvalue weighted by Crippen LogP contribution is 2.69. The van der Waals surface area contributed by atoms with Crippen LogP contribution in [0.4, 0.5) is 0 Å². The third-order valence-corrected chi connectivity index (χ3v) is 13.7. The molecule has 208 valence electrons. The Labute approximate surface area is 222 Å². The van der Waals surface area contributed by atoms with Crippen LogP contribution in [0.25, 0.3) is 0 Å². The van der Waals surface area contributed by atoms with E-state index in [1.807, 2.05) is 0 Å². The Bertz CT molecular complexity index is 767. The summed E-state index contributed by atoms with van der Waals surface area (Å²) in [6, 6.07) is 0. The summed E-state index contributed by atoms with van der Waals surface area (Å²) < 4.78 is 0. The van der Waals surface area contributed by atoms with E-state index >= 15 is 0 Å². The lowest BCUT2D eigenvalue weighted by Gasteiger charge is -2.63. The second kappa shape index (κ2) is 9.81. The van der Waals surface area contributed by atoms with Gasteiger partial charge in [-0.15, -0.1) is 0 Å². The maximum Gasteiger partial charge on any atom is 0.0930 e. The van der Waals surface area contributed by atoms with Gasteiger partial charge in [0.25, 0.3) is 0 Å². The summed E-state index contributed by atoms with van der Waals surface area (Å²) in [5.74, 6) is 5.16. The van der Waals surface area contributed by atoms with E-state index in [1.54, 1.807) is 13.8 Å². The third kappa shape index (κ3) is 4.53. The molecule has 0 spiro atoms. The Hall–Kier alpha value is -0.120. The number of fused-ring (bicyclic) bond motifs is 5. The molecule has 0 saturated heterocycles. The fourth-order valence-corrected chi connectivity index (χ4v) is 11.2. The molecule has 0 aliphatic heterocycles. The standard InChI is InChI=1S/C33H58O3/c1-22(11-16-29(34)23-9-7-6-8-10-23)26-14-15-27-25-13-12-24-21-33(36,30(2,3)35)20-19-31(24,4)28(25)17-18-32(26,27)5/h22-29,34-36H,6-21H2,1-5H3/t22-,24+,25+,26-,27+,28+,29?,31+,32-,33+/m1/s1. The molecular formula is C33H58O3. The van der Waals surface area contributed by atoms with Gasteiger partial charge in [-0.3, -0.25) is 0 Å². The molecule has 5 saturated carbocycles. The topological polar surface area (TPSA) is 60.7 Å². The zero-order chi connectivity index (χ0) is 25.9. The van der Waals surface area contributed by atoms with Gasteiger partial charge >= 0.3 is 0 Å². The first-order valence-electron chi connectivity index (χ1n) is 16.0. The van der Waals surface area contributed by atoms with E-state index in [2.05, 4.69) is 20.8 Å². The smallest absolute Gasteiger partial charge is 0.0930 e. The predicted molar refractivity (Wildman–Crippen MR) is 147 cm³/mol. The van der Waals surface area contributed by atoms with E-state index in [0.29, 0.717) is 22.7 Å². The van der Waals surface area contributed by atoms with Gasteiger partial charge in [-0.05, 0) is 150 Å². The molecule has 3 heteroatoms. The van der Waals surface area contributed by atoms with Crippen LogP contribution < -0.4 is 0 Å². The van der Waals surface area contributed by atoms with E-state index in [-0.39, 0.29) is 6.10 Å². The molecule has 5 rings (SSSR count). The average molecular weight is 503 g/mol. The molecule has 10 atom stereocenters. The lowest BCUT2D eigenvalue weighted by atomic mass is 9.43. The van der Waals surface area contributed by atoms with E-state index in [4.69, 9.17) is 0 Å². The van der Waals surface area contributed by atoms with Gasteiger partial charge in [0.05, 0.1) is 17.3 Å². The van der Waals surface area contributed by atoms with Gasteiger partial charge in [0, 0.05) is 0 Å². The quantitative estimate of drug-likeness (QED) is 0.352. The van der Waals surface area contributed by atoms with Gasteiger partial charge < -0.3 is 15.3 Å². The van der Waals surface area contributed by atoms with Crippen LogP contribution in [0.2, 0.25) is 0 Å². The Morgan fingerprint density at radius 3 is 2.19 bits per heavy atom. The van der Waals surface area contributed by atoms with Gasteiger partial charge in [-0.25, -0.2) is 0 Å². The van der Waals surface area contributed by atoms with Gasteiger partial charge in [0.1, 0.15) is 0 Å². The van der Waals surface area contributed by atoms with Gasteiger partial charge in [0.15, 0.2) is 0 Å². The van der Waals surface area contributed by atoms with Crippen molar-refractivity contribution in [3.63, 3.8) is 0 Å². The van der Waals surface area contributed by atoms with Crippen molar-refractivity contribution >= 4 is 0 Å². The average Bonchev–Trinajstić information content (AvgIpc) is 3.20. The Morgan fingerprint density at radius 2 is 1.50 bits per heavy atom. The van der Waals surface area contributed by atoms with E-state index in [9.17, 15) is 15.3 Å². The van der Waals surface area contributed by atoms with Crippen molar-refractivity contribution in [2.75, 3.05) is 0 Å². The molecule has 0 aromatic rings. The molecule has 0 radical (unpaired) electrons. The van der Waals surface area contributed by atoms with Crippen LogP contribution in [0.1, 0.15) is 137 Å². The number of rotatable bonds is 6. The Kier molecular flexibility index (Phi) is 7.48. The van der Waals surface area contributed by atoms with Crippen LogP contribution in [0, 0.1) is 52.3 Å². The molecule has 5 aliphatic rings. The summed E-state index contributed by atoms with van der Waals surface area (Å²) in [6.45, 7) is 11.3. The molecule has 3 nitrogen and oxygen atoms in total. The maximum absolute atomic E-state index is 11.3. The van der Waals surface area contributed by atoms with Gasteiger partial charge in [-0.2, -0.15) is 0 Å². The summed E-state index contributed by atoms with van der Waals surface area (Å²) in [7, 11) is 0. The number of aliphatic hydroxyl groups is 3. The van der Waals surface area contributed by atoms with Crippen LogP contribution in [-0.2, 0) is 0 Å². The van der Waals surface area contributed by atoms with Crippen molar-refractivity contribution < 1.29 is 15.3 Å². The monoisotopic (exact) mass is 502 g/mol. The van der Waals surface area contributed by atoms with Crippen molar-refractivity contribution in [1.82, 2.24) is 0 Å². The van der Waals surface area contributed by atoms with Crippen molar-refractivity contribution in [2.24, 2.45) is 52.3 Å². The normalized spacial score (nSPS) is 47.5. The van der Waals surface area contributed by atoms with Crippen LogP contribution in [0.3, 0.4) is 0 Å². The molecular weight excluding hydrogens is 444 g/mol. The second-order valence-electron chi connectivity index (χ2n) is 15.7. The minimum Gasteiger partial charge on any atom is -0.393 e. The molecule has 0 aromatic heterocycles. The number of hydrogen-bond donors (Lipinski definition) is 3. The predicted octanol–water partition coefficient (Wildman–Crippen LogP) is 7.50. The molecule has 0 bridgehead atoms. The highest BCUT2D eigenvalue weighted by molar-refractivity contribution is 5.12. The lowest BCUT2D eigenvalue weighted by Crippen LogP contribution is -2.60. The minimum absolute atomic E-state index is 0.0717. The first-order valence-corrected chi connectivity index (χ1v) is 16.0. The molecule has 0 amide bonds. The van der Waals surface area contributed by atoms with E-state index < -0.39 is 11.2 Å². The van der Waals surface area contributed by atoms with Gasteiger partial charge in [-0.1, -0.05) is 40.0 Å². The molecule has 1 unspecified atom stereocenters. The SMILES string of the molecule is C[C@H](CCC(O)C1CCCCC1)[C@H]1CC[C@H]2[C@@H]3CC[C@H]4C[C@](O)(C(C)(C)O)CC[C@]4(C)[C@H]3CC[C@]12C. The van der Waals surface area contributed by atoms with E-state index in [0.717, 1.165) is 55.3 Å². The van der Waals surface area contributed by atoms with Crippen molar-refractivity contribution in [2.45, 2.75) is 155 Å². The zero-order valence-corrected chi connectivity index (χ0v) is 24.3. The molecule has 0 aromatic carbocycles. The van der Waals surface area contributed by atoms with Crippen LogP contribution in [0.5, 0.6) is 0 Å². The zero-order valence-electron chi connectivity index (χ0n) is 24.3. The first kappa shape index (κ1) is 27.4. The van der Waals surface area contributed by atoms with Gasteiger partial charge in [0.2, 0.25) is 0 Å². The largest absolute Gasteiger partial charge is 0.393 e. The van der Waals surface area contributed by atoms with Crippen molar-refractivity contribution in [1.29, 1.82) is 0 Å². The van der Waals surface area contributed by atoms with Crippen LogP contribution in [0.15, 0.2) is 0 Å². The maximum atomic E-state index is 11.3. The molecule has 0 heterocycles. The summed E-state index contributed by atoms with van der Waals surface area (Å²) in [4.78, 5) is 0. The Balaban J connectivity index is 1.23. The molecule has 5 fully saturated rings. The highest BCUT2D eigenvalue weighted by atomic mass is 16.4. The Morgan fingerprint density at radius 1 is 0.806 bits per heavy atom. The summed E-state index contributed by atoms with van der Waals surface area (Å²) in [6.07, 6.45) is 19.3. The van der Waals surface area contributed by atoms with Crippen molar-refractivity contribution in [3.8, 4) is 0 Å². The molecule has 5 aliphatic carbocycles. The van der Waals surface area contributed by atoms with E-state index in [1.165, 1.54) is 77.0 Å². The summed E-state index contributed by atoms with van der Waals surface area (Å²) in [5.41, 5.74) is -1.14. The number of hydrogen-bond acceptors (Lipinski definition) is 3. The number of aliphatic hydroxyl groups excluding tert-OH is 1. The molecule has 3 N–H and O–H groups in total. The minimum atomic E-state index is -1.02. The fourth-order valence-electron chi connectivity index (χ4n) is 11.2.